The van der Waals surface area contributed by atoms with Crippen LogP contribution in [-0.2, 0) is 9.59 Å². The molecule has 4 nitrogen and oxygen atoms in total. The van der Waals surface area contributed by atoms with Crippen LogP contribution in [0.4, 0.5) is 5.69 Å². The predicted octanol–water partition coefficient (Wildman–Crippen LogP) is 3.88. The topological polar surface area (TPSA) is 49.4 Å². The summed E-state index contributed by atoms with van der Waals surface area (Å²) >= 11 is 0. The molecule has 2 heterocycles. The quantitative estimate of drug-likeness (QED) is 0.714. The summed E-state index contributed by atoms with van der Waals surface area (Å²) in [5, 5.41) is 3.59. The van der Waals surface area contributed by atoms with E-state index in [1.165, 1.54) is 4.90 Å². The Morgan fingerprint density at radius 1 is 0.571 bits per heavy atom. The Labute approximate surface area is 163 Å². The van der Waals surface area contributed by atoms with Gasteiger partial charge in [-0.2, -0.15) is 0 Å². The molecule has 28 heavy (non-hydrogen) atoms. The van der Waals surface area contributed by atoms with Gasteiger partial charge in [-0.15, -0.1) is 0 Å². The number of carbonyl (C=O) groups is 2. The van der Waals surface area contributed by atoms with Gasteiger partial charge in [-0.1, -0.05) is 78.9 Å². The SMILES string of the molecule is O=C1C2C(c3ccccc3)NC(c3ccccc3)C2C(=O)N1c1ccccc1. The number of hydrogen-bond acceptors (Lipinski definition) is 3. The normalized spacial score (nSPS) is 26.5. The summed E-state index contributed by atoms with van der Waals surface area (Å²) in [6.45, 7) is 0. The molecule has 3 aromatic rings. The lowest BCUT2D eigenvalue weighted by molar-refractivity contribution is -0.123. The molecule has 2 fully saturated rings. The van der Waals surface area contributed by atoms with Crippen LogP contribution < -0.4 is 10.2 Å². The van der Waals surface area contributed by atoms with Gasteiger partial charge in [0.1, 0.15) is 0 Å². The minimum Gasteiger partial charge on any atom is -0.302 e. The lowest BCUT2D eigenvalue weighted by Crippen LogP contribution is -2.36. The number of para-hydroxylation sites is 1. The van der Waals surface area contributed by atoms with Gasteiger partial charge in [0.05, 0.1) is 17.5 Å². The first kappa shape index (κ1) is 16.9. The highest BCUT2D eigenvalue weighted by atomic mass is 16.2. The summed E-state index contributed by atoms with van der Waals surface area (Å²) in [7, 11) is 0. The average Bonchev–Trinajstić information content (AvgIpc) is 3.27. The molecule has 0 aromatic heterocycles. The van der Waals surface area contributed by atoms with Crippen molar-refractivity contribution in [2.45, 2.75) is 12.1 Å². The number of fused-ring (bicyclic) bond motifs is 1. The van der Waals surface area contributed by atoms with Crippen LogP contribution in [0.5, 0.6) is 0 Å². The molecule has 2 saturated heterocycles. The zero-order chi connectivity index (χ0) is 19.1. The van der Waals surface area contributed by atoms with Crippen molar-refractivity contribution < 1.29 is 9.59 Å². The van der Waals surface area contributed by atoms with Crippen molar-refractivity contribution in [2.24, 2.45) is 11.8 Å². The van der Waals surface area contributed by atoms with Gasteiger partial charge in [-0.3, -0.25) is 9.59 Å². The minimum absolute atomic E-state index is 0.124. The molecule has 5 rings (SSSR count). The first-order valence-electron chi connectivity index (χ1n) is 9.54. The third-order valence-electron chi connectivity index (χ3n) is 5.81. The standard InChI is InChI=1S/C24H20N2O2/c27-23-19-20(24(28)26(23)18-14-8-3-9-15-18)22(17-12-6-2-7-13-17)25-21(19)16-10-4-1-5-11-16/h1-15,19-22,25H. The Kier molecular flexibility index (Phi) is 4.06. The van der Waals surface area contributed by atoms with Gasteiger partial charge in [-0.25, -0.2) is 4.90 Å². The van der Waals surface area contributed by atoms with Gasteiger partial charge in [-0.05, 0) is 23.3 Å². The summed E-state index contributed by atoms with van der Waals surface area (Å²) in [6, 6.07) is 28.7. The fourth-order valence-corrected chi connectivity index (χ4v) is 4.57. The highest BCUT2D eigenvalue weighted by Crippen LogP contribution is 2.50. The van der Waals surface area contributed by atoms with Crippen LogP contribution in [0.15, 0.2) is 91.0 Å². The zero-order valence-corrected chi connectivity index (χ0v) is 15.2. The number of benzene rings is 3. The second-order valence-electron chi connectivity index (χ2n) is 7.34. The van der Waals surface area contributed by atoms with Crippen molar-refractivity contribution >= 4 is 17.5 Å². The first-order valence-corrected chi connectivity index (χ1v) is 9.54. The van der Waals surface area contributed by atoms with Gasteiger partial charge in [0, 0.05) is 12.1 Å². The molecule has 0 aliphatic carbocycles. The zero-order valence-electron chi connectivity index (χ0n) is 15.2. The van der Waals surface area contributed by atoms with Crippen LogP contribution in [0.1, 0.15) is 23.2 Å². The summed E-state index contributed by atoms with van der Waals surface area (Å²) in [6.07, 6.45) is 0. The fraction of sp³-hybridized carbons (Fsp3) is 0.167. The van der Waals surface area contributed by atoms with E-state index in [1.807, 2.05) is 91.0 Å². The first-order chi connectivity index (χ1) is 13.8. The van der Waals surface area contributed by atoms with E-state index in [1.54, 1.807) is 0 Å². The van der Waals surface area contributed by atoms with E-state index in [4.69, 9.17) is 0 Å². The molecular formula is C24H20N2O2. The number of nitrogens with zero attached hydrogens (tertiary/aromatic N) is 1. The fourth-order valence-electron chi connectivity index (χ4n) is 4.57. The molecule has 4 atom stereocenters. The summed E-state index contributed by atoms with van der Waals surface area (Å²) < 4.78 is 0. The number of hydrogen-bond donors (Lipinski definition) is 1. The molecule has 4 unspecified atom stereocenters. The van der Waals surface area contributed by atoms with Crippen LogP contribution >= 0.6 is 0 Å². The van der Waals surface area contributed by atoms with E-state index in [0.29, 0.717) is 5.69 Å². The van der Waals surface area contributed by atoms with Crippen LogP contribution in [-0.4, -0.2) is 11.8 Å². The molecule has 1 N–H and O–H groups in total. The molecule has 3 aromatic carbocycles. The lowest BCUT2D eigenvalue weighted by atomic mass is 9.84. The van der Waals surface area contributed by atoms with E-state index in [-0.39, 0.29) is 23.9 Å². The second-order valence-corrected chi connectivity index (χ2v) is 7.34. The maximum atomic E-state index is 13.4. The van der Waals surface area contributed by atoms with Crippen molar-refractivity contribution in [3.8, 4) is 0 Å². The molecule has 2 aliphatic rings. The molecule has 4 heteroatoms. The van der Waals surface area contributed by atoms with Crippen LogP contribution in [0, 0.1) is 11.8 Å². The lowest BCUT2D eigenvalue weighted by Gasteiger charge is -2.23. The molecular weight excluding hydrogens is 348 g/mol. The third-order valence-corrected chi connectivity index (χ3v) is 5.81. The number of nitrogens with one attached hydrogen (secondary N) is 1. The smallest absolute Gasteiger partial charge is 0.239 e. The van der Waals surface area contributed by atoms with Gasteiger partial charge < -0.3 is 5.32 Å². The van der Waals surface area contributed by atoms with E-state index in [9.17, 15) is 9.59 Å². The van der Waals surface area contributed by atoms with Crippen molar-refractivity contribution in [2.75, 3.05) is 4.90 Å². The number of anilines is 1. The summed E-state index contributed by atoms with van der Waals surface area (Å²) in [4.78, 5) is 28.2. The summed E-state index contributed by atoms with van der Waals surface area (Å²) in [5.41, 5.74) is 2.71. The van der Waals surface area contributed by atoms with Crippen LogP contribution in [0.25, 0.3) is 0 Å². The Balaban J connectivity index is 1.61. The largest absolute Gasteiger partial charge is 0.302 e. The van der Waals surface area contributed by atoms with Crippen LogP contribution in [0.3, 0.4) is 0 Å². The Morgan fingerprint density at radius 3 is 1.39 bits per heavy atom. The van der Waals surface area contributed by atoms with E-state index in [2.05, 4.69) is 5.32 Å². The minimum atomic E-state index is -0.416. The highest BCUT2D eigenvalue weighted by molar-refractivity contribution is 6.22. The Hall–Kier alpha value is -3.24. The number of carbonyl (C=O) groups excluding carboxylic acids is 2. The van der Waals surface area contributed by atoms with Gasteiger partial charge in [0.2, 0.25) is 11.8 Å². The van der Waals surface area contributed by atoms with Crippen molar-refractivity contribution in [3.05, 3.63) is 102 Å². The summed E-state index contributed by atoms with van der Waals surface area (Å²) in [5.74, 6) is -1.08. The Morgan fingerprint density at radius 2 is 0.964 bits per heavy atom. The van der Waals surface area contributed by atoms with Gasteiger partial charge in [0.15, 0.2) is 0 Å². The molecule has 2 aliphatic heterocycles. The van der Waals surface area contributed by atoms with Crippen LogP contribution in [0.2, 0.25) is 0 Å². The van der Waals surface area contributed by atoms with Gasteiger partial charge >= 0.3 is 0 Å². The molecule has 0 spiro atoms. The Bertz CT molecular complexity index is 941. The molecule has 138 valence electrons. The highest BCUT2D eigenvalue weighted by Gasteiger charge is 2.59. The third kappa shape index (κ3) is 2.57. The molecule has 0 bridgehead atoms. The number of amides is 2. The maximum Gasteiger partial charge on any atom is 0.239 e. The number of rotatable bonds is 3. The maximum absolute atomic E-state index is 13.4. The molecule has 0 radical (unpaired) electrons. The van der Waals surface area contributed by atoms with Crippen molar-refractivity contribution in [1.82, 2.24) is 5.32 Å². The molecule has 2 amide bonds. The monoisotopic (exact) mass is 368 g/mol. The average molecular weight is 368 g/mol. The van der Waals surface area contributed by atoms with E-state index < -0.39 is 11.8 Å². The van der Waals surface area contributed by atoms with Crippen molar-refractivity contribution in [1.29, 1.82) is 0 Å². The molecule has 0 saturated carbocycles. The van der Waals surface area contributed by atoms with Gasteiger partial charge in [0.25, 0.3) is 0 Å². The number of imide groups is 1. The second kappa shape index (κ2) is 6.73. The van der Waals surface area contributed by atoms with E-state index >= 15 is 0 Å². The predicted molar refractivity (Wildman–Crippen MR) is 107 cm³/mol. The van der Waals surface area contributed by atoms with E-state index in [0.717, 1.165) is 11.1 Å². The van der Waals surface area contributed by atoms with Crippen molar-refractivity contribution in [3.63, 3.8) is 0 Å².